The Labute approximate surface area is 88.3 Å². The number of para-hydroxylation sites is 1. The van der Waals surface area contributed by atoms with Gasteiger partial charge in [-0.2, -0.15) is 0 Å². The molecule has 0 saturated heterocycles. The van der Waals surface area contributed by atoms with E-state index in [4.69, 9.17) is 9.47 Å². The summed E-state index contributed by atoms with van der Waals surface area (Å²) in [5.74, 6) is 0.583. The van der Waals surface area contributed by atoms with E-state index >= 15 is 0 Å². The van der Waals surface area contributed by atoms with Crippen LogP contribution in [-0.4, -0.2) is 0 Å². The third-order valence-electron chi connectivity index (χ3n) is 2.07. The molecule has 0 unspecified atom stereocenters. The van der Waals surface area contributed by atoms with Gasteiger partial charge >= 0.3 is 0 Å². The summed E-state index contributed by atoms with van der Waals surface area (Å²) in [4.78, 5) is 0. The highest BCUT2D eigenvalue weighted by atomic mass is 19.1. The lowest BCUT2D eigenvalue weighted by molar-refractivity contribution is 0.223. The summed E-state index contributed by atoms with van der Waals surface area (Å²) in [5, 5.41) is 0. The molecule has 0 bridgehead atoms. The molecule has 1 aliphatic rings. The van der Waals surface area contributed by atoms with E-state index in [9.17, 15) is 4.39 Å². The first-order chi connectivity index (χ1) is 6.98. The molecule has 0 atom stereocenters. The lowest BCUT2D eigenvalue weighted by atomic mass is 9.94. The summed E-state index contributed by atoms with van der Waals surface area (Å²) < 4.78 is 24.0. The molecule has 1 heterocycles. The van der Waals surface area contributed by atoms with Crippen LogP contribution in [0.4, 0.5) is 4.39 Å². The van der Waals surface area contributed by atoms with Crippen LogP contribution >= 0.6 is 0 Å². The maximum Gasteiger partial charge on any atom is 0.212 e. The molecule has 0 spiro atoms. The van der Waals surface area contributed by atoms with Crippen molar-refractivity contribution in [2.45, 2.75) is 20.8 Å². The van der Waals surface area contributed by atoms with Crippen LogP contribution in [0.15, 0.2) is 24.0 Å². The monoisotopic (exact) mass is 207 g/mol. The van der Waals surface area contributed by atoms with Gasteiger partial charge in [0.05, 0.1) is 0 Å². The zero-order valence-electron chi connectivity index (χ0n) is 8.93. The van der Waals surface area contributed by atoms with Gasteiger partial charge in [0.25, 0.3) is 0 Å². The van der Waals surface area contributed by atoms with E-state index < -0.39 is 5.82 Å². The van der Waals surface area contributed by atoms with E-state index in [0.717, 1.165) is 0 Å². The predicted octanol–water partition coefficient (Wildman–Crippen LogP) is 3.29. The predicted molar refractivity (Wildman–Crippen MR) is 53.9 cm³/mol. The Balaban J connectivity index is 2.37. The molecule has 0 N–H and O–H groups in total. The van der Waals surface area contributed by atoms with Crippen molar-refractivity contribution in [1.29, 1.82) is 0 Å². The first-order valence-electron chi connectivity index (χ1n) is 4.75. The van der Waals surface area contributed by atoms with E-state index in [2.05, 4.69) is 6.26 Å². The third kappa shape index (κ3) is 1.82. The second-order valence-corrected chi connectivity index (χ2v) is 4.45. The second kappa shape index (κ2) is 3.26. The number of rotatable bonds is 0. The Bertz CT molecular complexity index is 416. The molecule has 0 aromatic heterocycles. The quantitative estimate of drug-likeness (QED) is 0.650. The molecule has 0 saturated carbocycles. The van der Waals surface area contributed by atoms with E-state index in [0.29, 0.717) is 11.5 Å². The van der Waals surface area contributed by atoms with Gasteiger partial charge in [0.1, 0.15) is 0 Å². The lowest BCUT2D eigenvalue weighted by Gasteiger charge is -2.26. The fourth-order valence-corrected chi connectivity index (χ4v) is 1.20. The van der Waals surface area contributed by atoms with Gasteiger partial charge in [-0.05, 0) is 12.1 Å². The van der Waals surface area contributed by atoms with Crippen LogP contribution in [0.2, 0.25) is 0 Å². The molecular formula is C12H12FO2. The lowest BCUT2D eigenvalue weighted by Crippen LogP contribution is -2.19. The summed E-state index contributed by atoms with van der Waals surface area (Å²) in [5.41, 5.74) is -0.250. The van der Waals surface area contributed by atoms with Crippen LogP contribution in [0.5, 0.6) is 11.5 Å². The Morgan fingerprint density at radius 2 is 2.00 bits per heavy atom. The highest BCUT2D eigenvalue weighted by molar-refractivity contribution is 5.43. The number of fused-ring (bicyclic) bond motifs is 1. The molecule has 1 aromatic carbocycles. The maximum absolute atomic E-state index is 13.4. The minimum atomic E-state index is -0.421. The number of hydrogen-bond acceptors (Lipinski definition) is 2. The number of hydrogen-bond donors (Lipinski definition) is 0. The van der Waals surface area contributed by atoms with Crippen molar-refractivity contribution < 1.29 is 13.9 Å². The highest BCUT2D eigenvalue weighted by Gasteiger charge is 2.27. The topological polar surface area (TPSA) is 18.5 Å². The summed E-state index contributed by atoms with van der Waals surface area (Å²) in [6, 6.07) is 4.56. The van der Waals surface area contributed by atoms with Crippen molar-refractivity contribution in [3.8, 4) is 11.5 Å². The van der Waals surface area contributed by atoms with Crippen LogP contribution in [0, 0.1) is 17.5 Å². The number of benzene rings is 1. The van der Waals surface area contributed by atoms with Crippen molar-refractivity contribution in [3.63, 3.8) is 0 Å². The molecule has 1 aromatic rings. The fourth-order valence-electron chi connectivity index (χ4n) is 1.20. The van der Waals surface area contributed by atoms with Crippen molar-refractivity contribution in [2.24, 2.45) is 5.41 Å². The average molecular weight is 207 g/mol. The van der Waals surface area contributed by atoms with Gasteiger partial charge in [0.15, 0.2) is 17.3 Å². The van der Waals surface area contributed by atoms with Crippen molar-refractivity contribution in [1.82, 2.24) is 0 Å². The largest absolute Gasteiger partial charge is 0.450 e. The summed E-state index contributed by atoms with van der Waals surface area (Å²) >= 11 is 0. The Morgan fingerprint density at radius 1 is 1.27 bits per heavy atom. The minimum absolute atomic E-state index is 0.140. The Kier molecular flexibility index (Phi) is 2.18. The molecule has 15 heavy (non-hydrogen) atoms. The molecule has 0 aliphatic carbocycles. The maximum atomic E-state index is 13.4. The van der Waals surface area contributed by atoms with Crippen molar-refractivity contribution >= 4 is 0 Å². The van der Waals surface area contributed by atoms with Gasteiger partial charge in [-0.3, -0.25) is 0 Å². The minimum Gasteiger partial charge on any atom is -0.450 e. The molecule has 79 valence electrons. The molecule has 1 radical (unpaired) electrons. The van der Waals surface area contributed by atoms with Crippen LogP contribution in [-0.2, 0) is 0 Å². The summed E-state index contributed by atoms with van der Waals surface area (Å²) in [6.45, 7) is 5.85. The highest BCUT2D eigenvalue weighted by Crippen LogP contribution is 2.38. The number of halogens is 1. The third-order valence-corrected chi connectivity index (χ3v) is 2.07. The van der Waals surface area contributed by atoms with E-state index in [1.807, 2.05) is 20.8 Å². The smallest absolute Gasteiger partial charge is 0.212 e. The van der Waals surface area contributed by atoms with Crippen LogP contribution in [0.3, 0.4) is 0 Å². The molecule has 0 amide bonds. The molecule has 2 rings (SSSR count). The van der Waals surface area contributed by atoms with E-state index in [1.54, 1.807) is 12.1 Å². The zero-order valence-corrected chi connectivity index (χ0v) is 8.93. The van der Waals surface area contributed by atoms with Gasteiger partial charge in [-0.25, -0.2) is 4.39 Å². The standard InChI is InChI=1S/C12H12FO2/c1-12(2,3)10-7-14-9-6-4-5-8(13)11(9)15-10/h4-6H,1-3H3. The van der Waals surface area contributed by atoms with Gasteiger partial charge in [0.2, 0.25) is 12.0 Å². The van der Waals surface area contributed by atoms with Crippen molar-refractivity contribution in [2.75, 3.05) is 0 Å². The molecule has 2 nitrogen and oxygen atoms in total. The van der Waals surface area contributed by atoms with Crippen LogP contribution in [0.1, 0.15) is 20.8 Å². The van der Waals surface area contributed by atoms with Gasteiger partial charge < -0.3 is 9.47 Å². The molecule has 1 aliphatic heterocycles. The summed E-state index contributed by atoms with van der Waals surface area (Å²) in [6.07, 6.45) is 2.67. The average Bonchev–Trinajstić information content (AvgIpc) is 2.16. The summed E-state index contributed by atoms with van der Waals surface area (Å²) in [7, 11) is 0. The van der Waals surface area contributed by atoms with Gasteiger partial charge in [-0.15, -0.1) is 0 Å². The SMILES string of the molecule is CC(C)(C)C1=[C]Oc2cccc(F)c2O1. The first kappa shape index (κ1) is 10.0. The Hall–Kier alpha value is -1.51. The molecule has 0 fully saturated rings. The zero-order chi connectivity index (χ0) is 11.1. The Morgan fingerprint density at radius 3 is 2.67 bits per heavy atom. The van der Waals surface area contributed by atoms with Crippen LogP contribution < -0.4 is 9.47 Å². The number of allylic oxidation sites excluding steroid dienone is 1. The molecular weight excluding hydrogens is 195 g/mol. The first-order valence-corrected chi connectivity index (χ1v) is 4.75. The second-order valence-electron chi connectivity index (χ2n) is 4.45. The normalized spacial score (nSPS) is 14.8. The van der Waals surface area contributed by atoms with Crippen LogP contribution in [0.25, 0.3) is 0 Å². The fraction of sp³-hybridized carbons (Fsp3) is 0.333. The van der Waals surface area contributed by atoms with Gasteiger partial charge in [-0.1, -0.05) is 26.8 Å². The van der Waals surface area contributed by atoms with E-state index in [1.165, 1.54) is 6.07 Å². The number of ether oxygens (including phenoxy) is 2. The van der Waals surface area contributed by atoms with Gasteiger partial charge in [0, 0.05) is 5.41 Å². The van der Waals surface area contributed by atoms with Crippen molar-refractivity contribution in [3.05, 3.63) is 36.0 Å². The molecule has 3 heteroatoms. The van der Waals surface area contributed by atoms with E-state index in [-0.39, 0.29) is 11.2 Å².